The zero-order chi connectivity index (χ0) is 10.8. The van der Waals surface area contributed by atoms with Crippen LogP contribution < -0.4 is 5.32 Å². The van der Waals surface area contributed by atoms with Gasteiger partial charge in [-0.2, -0.15) is 11.8 Å². The summed E-state index contributed by atoms with van der Waals surface area (Å²) in [5, 5.41) is 3.45. The van der Waals surface area contributed by atoms with Crippen molar-refractivity contribution in [2.45, 2.75) is 32.7 Å². The van der Waals surface area contributed by atoms with Gasteiger partial charge in [0.25, 0.3) is 0 Å². The lowest BCUT2D eigenvalue weighted by Gasteiger charge is -2.12. The standard InChI is InChI=1S/C10H23NOS2/c1-4-13-8-5-7-11-10(2)6-9-14(3)12/h10-11H,4-9H2,1-3H3. The van der Waals surface area contributed by atoms with Crippen LogP contribution in [0.5, 0.6) is 0 Å². The molecule has 2 unspecified atom stereocenters. The highest BCUT2D eigenvalue weighted by Gasteiger charge is 2.01. The molecule has 2 atom stereocenters. The molecular weight excluding hydrogens is 214 g/mol. The first-order chi connectivity index (χ1) is 6.66. The maximum absolute atomic E-state index is 10.8. The molecule has 0 aromatic rings. The van der Waals surface area contributed by atoms with Crippen LogP contribution in [0.2, 0.25) is 0 Å². The second kappa shape index (κ2) is 9.99. The van der Waals surface area contributed by atoms with Crippen molar-refractivity contribution >= 4 is 22.6 Å². The van der Waals surface area contributed by atoms with E-state index in [2.05, 4.69) is 19.2 Å². The van der Waals surface area contributed by atoms with Gasteiger partial charge in [0, 0.05) is 28.9 Å². The third-order valence-corrected chi connectivity index (χ3v) is 3.80. The Morgan fingerprint density at radius 3 is 2.79 bits per heavy atom. The minimum atomic E-state index is -0.641. The highest BCUT2D eigenvalue weighted by molar-refractivity contribution is 7.99. The fourth-order valence-corrected chi connectivity index (χ4v) is 2.43. The van der Waals surface area contributed by atoms with Gasteiger partial charge in [0.05, 0.1) is 0 Å². The lowest BCUT2D eigenvalue weighted by molar-refractivity contribution is 0.535. The molecule has 0 aliphatic rings. The first-order valence-corrected chi connectivity index (χ1v) is 8.16. The average molecular weight is 237 g/mol. The molecule has 14 heavy (non-hydrogen) atoms. The Kier molecular flexibility index (Phi) is 10.3. The van der Waals surface area contributed by atoms with E-state index in [1.807, 2.05) is 11.8 Å². The fourth-order valence-electron chi connectivity index (χ4n) is 1.11. The second-order valence-electron chi connectivity index (χ2n) is 3.47. The summed E-state index contributed by atoms with van der Waals surface area (Å²) in [7, 11) is -0.641. The number of hydrogen-bond donors (Lipinski definition) is 1. The molecule has 0 amide bonds. The topological polar surface area (TPSA) is 29.1 Å². The molecule has 0 heterocycles. The number of thioether (sulfide) groups is 1. The highest BCUT2D eigenvalue weighted by atomic mass is 32.2. The Hall–Kier alpha value is 0.460. The first kappa shape index (κ1) is 14.5. The fraction of sp³-hybridized carbons (Fsp3) is 1.00. The van der Waals surface area contributed by atoms with Gasteiger partial charge in [-0.15, -0.1) is 0 Å². The van der Waals surface area contributed by atoms with E-state index in [9.17, 15) is 4.21 Å². The largest absolute Gasteiger partial charge is 0.314 e. The molecule has 0 spiro atoms. The Balaban J connectivity index is 3.18. The Labute approximate surface area is 95.1 Å². The summed E-state index contributed by atoms with van der Waals surface area (Å²) in [6, 6.07) is 0.505. The van der Waals surface area contributed by atoms with E-state index < -0.39 is 10.8 Å². The Morgan fingerprint density at radius 2 is 2.21 bits per heavy atom. The van der Waals surface area contributed by atoms with Gasteiger partial charge >= 0.3 is 0 Å². The van der Waals surface area contributed by atoms with Gasteiger partial charge < -0.3 is 5.32 Å². The van der Waals surface area contributed by atoms with Crippen LogP contribution in [0.25, 0.3) is 0 Å². The van der Waals surface area contributed by atoms with Crippen molar-refractivity contribution in [2.24, 2.45) is 0 Å². The molecule has 86 valence electrons. The summed E-state index contributed by atoms with van der Waals surface area (Å²) in [6.07, 6.45) is 4.02. The predicted molar refractivity (Wildman–Crippen MR) is 68.6 cm³/mol. The summed E-state index contributed by atoms with van der Waals surface area (Å²) < 4.78 is 10.8. The van der Waals surface area contributed by atoms with Crippen LogP contribution in [0.3, 0.4) is 0 Å². The molecule has 0 aromatic heterocycles. The van der Waals surface area contributed by atoms with Crippen LogP contribution in [-0.2, 0) is 10.8 Å². The molecule has 4 heteroatoms. The van der Waals surface area contributed by atoms with Crippen molar-refractivity contribution in [2.75, 3.05) is 30.1 Å². The maximum atomic E-state index is 10.8. The van der Waals surface area contributed by atoms with Crippen molar-refractivity contribution in [1.82, 2.24) is 5.32 Å². The molecule has 0 aliphatic heterocycles. The van der Waals surface area contributed by atoms with Gasteiger partial charge in [0.15, 0.2) is 0 Å². The quantitative estimate of drug-likeness (QED) is 0.621. The van der Waals surface area contributed by atoms with E-state index in [1.165, 1.54) is 17.9 Å². The molecule has 0 saturated carbocycles. The Bertz CT molecular complexity index is 153. The van der Waals surface area contributed by atoms with Gasteiger partial charge in [-0.25, -0.2) is 0 Å². The van der Waals surface area contributed by atoms with E-state index in [0.29, 0.717) is 6.04 Å². The summed E-state index contributed by atoms with van der Waals surface area (Å²) in [5.74, 6) is 3.28. The van der Waals surface area contributed by atoms with Gasteiger partial charge in [-0.05, 0) is 37.8 Å². The predicted octanol–water partition coefficient (Wildman–Crippen LogP) is 1.88. The summed E-state index contributed by atoms with van der Waals surface area (Å²) in [6.45, 7) is 5.45. The molecule has 2 nitrogen and oxygen atoms in total. The lowest BCUT2D eigenvalue weighted by atomic mass is 10.2. The molecule has 0 fully saturated rings. The van der Waals surface area contributed by atoms with Crippen LogP contribution in [0.15, 0.2) is 0 Å². The van der Waals surface area contributed by atoms with E-state index in [0.717, 1.165) is 18.7 Å². The molecule has 0 bridgehead atoms. The molecule has 0 rings (SSSR count). The number of hydrogen-bond acceptors (Lipinski definition) is 3. The normalized spacial score (nSPS) is 15.4. The van der Waals surface area contributed by atoms with Crippen molar-refractivity contribution in [1.29, 1.82) is 0 Å². The number of nitrogens with one attached hydrogen (secondary N) is 1. The van der Waals surface area contributed by atoms with Crippen LogP contribution in [0, 0.1) is 0 Å². The van der Waals surface area contributed by atoms with Crippen LogP contribution in [-0.4, -0.2) is 40.3 Å². The maximum Gasteiger partial charge on any atom is 0.0246 e. The molecule has 0 radical (unpaired) electrons. The van der Waals surface area contributed by atoms with Gasteiger partial charge in [-0.3, -0.25) is 4.21 Å². The van der Waals surface area contributed by atoms with Crippen LogP contribution in [0.4, 0.5) is 0 Å². The third kappa shape index (κ3) is 10.5. The zero-order valence-electron chi connectivity index (χ0n) is 9.54. The van der Waals surface area contributed by atoms with Gasteiger partial charge in [0.2, 0.25) is 0 Å². The summed E-state index contributed by atoms with van der Waals surface area (Å²) in [5.41, 5.74) is 0. The van der Waals surface area contributed by atoms with E-state index in [-0.39, 0.29) is 0 Å². The molecule has 0 aromatic carbocycles. The van der Waals surface area contributed by atoms with Gasteiger partial charge in [0.1, 0.15) is 0 Å². The molecule has 0 aliphatic carbocycles. The van der Waals surface area contributed by atoms with Gasteiger partial charge in [-0.1, -0.05) is 6.92 Å². The Morgan fingerprint density at radius 1 is 1.50 bits per heavy atom. The minimum absolute atomic E-state index is 0.505. The van der Waals surface area contributed by atoms with Crippen molar-refractivity contribution in [3.63, 3.8) is 0 Å². The SMILES string of the molecule is CCSCCCNC(C)CCS(C)=O. The second-order valence-corrected chi connectivity index (χ2v) is 6.42. The molecule has 1 N–H and O–H groups in total. The third-order valence-electron chi connectivity index (χ3n) is 2.00. The number of rotatable bonds is 9. The van der Waals surface area contributed by atoms with E-state index in [4.69, 9.17) is 0 Å². The van der Waals surface area contributed by atoms with E-state index in [1.54, 1.807) is 6.26 Å². The monoisotopic (exact) mass is 237 g/mol. The lowest BCUT2D eigenvalue weighted by Crippen LogP contribution is -2.28. The molecule has 0 saturated heterocycles. The zero-order valence-corrected chi connectivity index (χ0v) is 11.2. The smallest absolute Gasteiger partial charge is 0.0246 e. The van der Waals surface area contributed by atoms with Crippen LogP contribution in [0.1, 0.15) is 26.7 Å². The van der Waals surface area contributed by atoms with Crippen LogP contribution >= 0.6 is 11.8 Å². The van der Waals surface area contributed by atoms with Crippen molar-refractivity contribution in [3.8, 4) is 0 Å². The minimum Gasteiger partial charge on any atom is -0.314 e. The molecular formula is C10H23NOS2. The highest BCUT2D eigenvalue weighted by Crippen LogP contribution is 2.00. The average Bonchev–Trinajstić information content (AvgIpc) is 2.14. The summed E-state index contributed by atoms with van der Waals surface area (Å²) in [4.78, 5) is 0. The van der Waals surface area contributed by atoms with Crippen molar-refractivity contribution < 1.29 is 4.21 Å². The van der Waals surface area contributed by atoms with E-state index >= 15 is 0 Å². The summed E-state index contributed by atoms with van der Waals surface area (Å²) >= 11 is 1.99. The first-order valence-electron chi connectivity index (χ1n) is 5.28. The van der Waals surface area contributed by atoms with Crippen molar-refractivity contribution in [3.05, 3.63) is 0 Å².